The largest absolute Gasteiger partial charge is 0.257 e. The summed E-state index contributed by atoms with van der Waals surface area (Å²) < 4.78 is 25.4. The molecule has 0 radical (unpaired) electrons. The van der Waals surface area contributed by atoms with Crippen LogP contribution in [0.5, 0.6) is 0 Å². The van der Waals surface area contributed by atoms with E-state index >= 15 is 0 Å². The predicted molar refractivity (Wildman–Crippen MR) is 63.3 cm³/mol. The van der Waals surface area contributed by atoms with Gasteiger partial charge >= 0.3 is 0 Å². The van der Waals surface area contributed by atoms with E-state index in [1.165, 1.54) is 23.0 Å². The van der Waals surface area contributed by atoms with Crippen LogP contribution in [0.25, 0.3) is 0 Å². The van der Waals surface area contributed by atoms with Crippen LogP contribution >= 0.6 is 11.6 Å². The smallest absolute Gasteiger partial charge is 0.201 e. The highest BCUT2D eigenvalue weighted by Gasteiger charge is 2.18. The fraction of sp³-hybridized carbons (Fsp3) is 0.200. The summed E-state index contributed by atoms with van der Waals surface area (Å²) >= 11 is 5.79. The van der Waals surface area contributed by atoms with Gasteiger partial charge in [-0.2, -0.15) is 5.10 Å². The van der Waals surface area contributed by atoms with E-state index in [-0.39, 0.29) is 10.8 Å². The molecular formula is C10H10ClN3O2S. The molecule has 0 saturated carbocycles. The Morgan fingerprint density at radius 1 is 1.41 bits per heavy atom. The van der Waals surface area contributed by atoms with Gasteiger partial charge in [-0.3, -0.25) is 4.68 Å². The lowest BCUT2D eigenvalue weighted by atomic mass is 10.5. The zero-order chi connectivity index (χ0) is 12.5. The molecule has 2 heterocycles. The van der Waals surface area contributed by atoms with Crippen LogP contribution < -0.4 is 0 Å². The summed E-state index contributed by atoms with van der Waals surface area (Å²) in [6, 6.07) is 6.28. The van der Waals surface area contributed by atoms with Gasteiger partial charge in [0.1, 0.15) is 10.9 Å². The lowest BCUT2D eigenvalue weighted by Crippen LogP contribution is -2.07. The third kappa shape index (κ3) is 2.65. The van der Waals surface area contributed by atoms with E-state index in [1.807, 2.05) is 0 Å². The maximum absolute atomic E-state index is 12.0. The molecule has 7 heteroatoms. The molecule has 0 atom stereocenters. The van der Waals surface area contributed by atoms with Crippen molar-refractivity contribution in [1.82, 2.24) is 14.8 Å². The zero-order valence-corrected chi connectivity index (χ0v) is 10.6. The number of pyridine rings is 1. The molecule has 90 valence electrons. The number of hydrogen-bond donors (Lipinski definition) is 0. The first-order valence-electron chi connectivity index (χ1n) is 4.81. The number of aromatic nitrogens is 3. The second kappa shape index (κ2) is 4.46. The number of rotatable bonds is 3. The van der Waals surface area contributed by atoms with Crippen molar-refractivity contribution in [1.29, 1.82) is 0 Å². The maximum Gasteiger partial charge on any atom is 0.201 e. The van der Waals surface area contributed by atoms with E-state index in [0.29, 0.717) is 10.8 Å². The summed E-state index contributed by atoms with van der Waals surface area (Å²) in [7, 11) is -1.81. The molecule has 2 rings (SSSR count). The summed E-state index contributed by atoms with van der Waals surface area (Å²) in [4.78, 5) is 3.82. The van der Waals surface area contributed by atoms with Crippen LogP contribution in [0.2, 0.25) is 5.15 Å². The van der Waals surface area contributed by atoms with Gasteiger partial charge in [-0.25, -0.2) is 13.4 Å². The van der Waals surface area contributed by atoms with Crippen LogP contribution in [0.3, 0.4) is 0 Å². The molecule has 5 nitrogen and oxygen atoms in total. The molecule has 0 amide bonds. The molecule has 0 bridgehead atoms. The van der Waals surface area contributed by atoms with Crippen LogP contribution in [-0.2, 0) is 22.6 Å². The minimum atomic E-state index is -3.46. The topological polar surface area (TPSA) is 64.8 Å². The monoisotopic (exact) mass is 271 g/mol. The van der Waals surface area contributed by atoms with Gasteiger partial charge in [0.05, 0.1) is 5.69 Å². The molecule has 0 aliphatic carbocycles. The Morgan fingerprint density at radius 2 is 2.18 bits per heavy atom. The highest BCUT2D eigenvalue weighted by Crippen LogP contribution is 2.16. The van der Waals surface area contributed by atoms with E-state index in [4.69, 9.17) is 11.6 Å². The molecule has 0 aliphatic rings. The van der Waals surface area contributed by atoms with Gasteiger partial charge in [0.2, 0.25) is 9.84 Å². The number of aryl methyl sites for hydroxylation is 1. The van der Waals surface area contributed by atoms with E-state index in [2.05, 4.69) is 10.1 Å². The third-order valence-electron chi connectivity index (χ3n) is 2.17. The maximum atomic E-state index is 12.0. The first-order chi connectivity index (χ1) is 7.99. The van der Waals surface area contributed by atoms with Crippen molar-refractivity contribution >= 4 is 21.4 Å². The Hall–Kier alpha value is -1.40. The number of nitrogens with zero attached hydrogens (tertiary/aromatic N) is 3. The molecule has 0 N–H and O–H groups in total. The number of sulfone groups is 1. The number of hydrogen-bond acceptors (Lipinski definition) is 4. The normalized spacial score (nSPS) is 11.6. The van der Waals surface area contributed by atoms with Gasteiger partial charge in [-0.15, -0.1) is 0 Å². The van der Waals surface area contributed by atoms with E-state index in [9.17, 15) is 8.42 Å². The van der Waals surface area contributed by atoms with Crippen LogP contribution in [-0.4, -0.2) is 23.2 Å². The van der Waals surface area contributed by atoms with Crippen molar-refractivity contribution in [2.45, 2.75) is 10.8 Å². The van der Waals surface area contributed by atoms with Crippen molar-refractivity contribution in [2.75, 3.05) is 0 Å². The molecule has 17 heavy (non-hydrogen) atoms. The third-order valence-corrected chi connectivity index (χ3v) is 4.08. The fourth-order valence-corrected chi connectivity index (χ4v) is 2.72. The Bertz CT molecular complexity index is 603. The van der Waals surface area contributed by atoms with Crippen LogP contribution in [0, 0.1) is 0 Å². The van der Waals surface area contributed by atoms with Crippen LogP contribution in [0.15, 0.2) is 35.5 Å². The molecular weight excluding hydrogens is 262 g/mol. The zero-order valence-electron chi connectivity index (χ0n) is 9.04. The quantitative estimate of drug-likeness (QED) is 0.847. The highest BCUT2D eigenvalue weighted by molar-refractivity contribution is 7.90. The van der Waals surface area contributed by atoms with Crippen molar-refractivity contribution < 1.29 is 8.42 Å². The summed E-state index contributed by atoms with van der Waals surface area (Å²) in [5.41, 5.74) is 0.406. The van der Waals surface area contributed by atoms with Gasteiger partial charge in [0.25, 0.3) is 0 Å². The lowest BCUT2D eigenvalue weighted by Gasteiger charge is -2.00. The van der Waals surface area contributed by atoms with E-state index in [0.717, 1.165) is 0 Å². The van der Waals surface area contributed by atoms with Gasteiger partial charge in [-0.05, 0) is 18.2 Å². The minimum absolute atomic E-state index is 0.0433. The second-order valence-corrected chi connectivity index (χ2v) is 5.83. The first-order valence-corrected chi connectivity index (χ1v) is 6.84. The number of halogens is 1. The van der Waals surface area contributed by atoms with Crippen molar-refractivity contribution in [3.05, 3.63) is 41.3 Å². The van der Waals surface area contributed by atoms with Gasteiger partial charge in [0.15, 0.2) is 5.03 Å². The Balaban J connectivity index is 2.30. The molecule has 0 unspecified atom stereocenters. The molecule has 0 aliphatic heterocycles. The Morgan fingerprint density at radius 3 is 2.71 bits per heavy atom. The summed E-state index contributed by atoms with van der Waals surface area (Å²) in [5.74, 6) is -0.204. The lowest BCUT2D eigenvalue weighted by molar-refractivity contribution is 0.590. The summed E-state index contributed by atoms with van der Waals surface area (Å²) in [6.45, 7) is 0. The van der Waals surface area contributed by atoms with Crippen molar-refractivity contribution in [2.24, 2.45) is 7.05 Å². The van der Waals surface area contributed by atoms with E-state index in [1.54, 1.807) is 19.2 Å². The first kappa shape index (κ1) is 12.1. The Kier molecular flexibility index (Phi) is 3.17. The van der Waals surface area contributed by atoms with Crippen LogP contribution in [0.1, 0.15) is 5.69 Å². The molecule has 0 spiro atoms. The molecule has 2 aromatic rings. The molecule has 2 aromatic heterocycles. The predicted octanol–water partition coefficient (Wildman–Crippen LogP) is 1.44. The average molecular weight is 272 g/mol. The van der Waals surface area contributed by atoms with E-state index < -0.39 is 9.84 Å². The van der Waals surface area contributed by atoms with Gasteiger partial charge in [-0.1, -0.05) is 17.7 Å². The molecule has 0 saturated heterocycles. The van der Waals surface area contributed by atoms with Crippen molar-refractivity contribution in [3.8, 4) is 0 Å². The Labute approximate surface area is 104 Å². The average Bonchev–Trinajstić information content (AvgIpc) is 2.58. The van der Waals surface area contributed by atoms with Gasteiger partial charge in [0, 0.05) is 13.2 Å². The second-order valence-electron chi connectivity index (χ2n) is 3.51. The SMILES string of the molecule is Cn1nc(CS(=O)(=O)c2ccccn2)cc1Cl. The summed E-state index contributed by atoms with van der Waals surface area (Å²) in [6.07, 6.45) is 1.44. The summed E-state index contributed by atoms with van der Waals surface area (Å²) in [5, 5.41) is 4.44. The van der Waals surface area contributed by atoms with Crippen molar-refractivity contribution in [3.63, 3.8) is 0 Å². The molecule has 0 aromatic carbocycles. The minimum Gasteiger partial charge on any atom is -0.257 e. The standard InChI is InChI=1S/C10H10ClN3O2S/c1-14-9(11)6-8(13-14)7-17(15,16)10-4-2-3-5-12-10/h2-6H,7H2,1H3. The fourth-order valence-electron chi connectivity index (χ4n) is 1.37. The van der Waals surface area contributed by atoms with Gasteiger partial charge < -0.3 is 0 Å². The highest BCUT2D eigenvalue weighted by atomic mass is 35.5. The van der Waals surface area contributed by atoms with Crippen LogP contribution in [0.4, 0.5) is 0 Å². The molecule has 0 fully saturated rings.